The third kappa shape index (κ3) is 3.61. The molecule has 4 heteroatoms. The Hall–Kier alpha value is -1.87. The highest BCUT2D eigenvalue weighted by molar-refractivity contribution is 6.30. The predicted molar refractivity (Wildman–Crippen MR) is 83.0 cm³/mol. The summed E-state index contributed by atoms with van der Waals surface area (Å²) in [4.78, 5) is 24.0. The van der Waals surface area contributed by atoms with E-state index in [-0.39, 0.29) is 11.8 Å². The lowest BCUT2D eigenvalue weighted by molar-refractivity contribution is -0.138. The Morgan fingerprint density at radius 3 is 2.57 bits per heavy atom. The summed E-state index contributed by atoms with van der Waals surface area (Å²) in [5.41, 5.74) is 2.76. The fraction of sp³-hybridized carbons (Fsp3) is 0.294. The molecule has 110 valence electrons. The highest BCUT2D eigenvalue weighted by Crippen LogP contribution is 2.29. The van der Waals surface area contributed by atoms with Crippen LogP contribution in [0.25, 0.3) is 6.08 Å². The first-order valence-corrected chi connectivity index (χ1v) is 7.28. The first-order valence-electron chi connectivity index (χ1n) is 6.90. The first-order chi connectivity index (χ1) is 10.0. The van der Waals surface area contributed by atoms with Gasteiger partial charge in [-0.05, 0) is 49.6 Å². The molecule has 1 aliphatic rings. The minimum absolute atomic E-state index is 0.0514. The van der Waals surface area contributed by atoms with E-state index in [2.05, 4.69) is 0 Å². The van der Waals surface area contributed by atoms with E-state index in [4.69, 9.17) is 16.3 Å². The molecule has 0 bridgehead atoms. The van der Waals surface area contributed by atoms with Crippen LogP contribution in [0.2, 0.25) is 5.02 Å². The van der Waals surface area contributed by atoms with Crippen molar-refractivity contribution in [3.05, 3.63) is 51.6 Å². The van der Waals surface area contributed by atoms with Gasteiger partial charge in [-0.2, -0.15) is 0 Å². The summed E-state index contributed by atoms with van der Waals surface area (Å²) in [5, 5.41) is 0.645. The van der Waals surface area contributed by atoms with Crippen LogP contribution in [-0.4, -0.2) is 18.4 Å². The maximum Gasteiger partial charge on any atom is 0.334 e. The smallest absolute Gasteiger partial charge is 0.334 e. The van der Waals surface area contributed by atoms with Crippen LogP contribution in [0, 0.1) is 0 Å². The summed E-state index contributed by atoms with van der Waals surface area (Å²) in [7, 11) is 0. The van der Waals surface area contributed by atoms with Gasteiger partial charge in [0.25, 0.3) is 0 Å². The number of esters is 1. The van der Waals surface area contributed by atoms with Crippen molar-refractivity contribution >= 4 is 29.4 Å². The molecule has 3 nitrogen and oxygen atoms in total. The van der Waals surface area contributed by atoms with Crippen LogP contribution in [0.15, 0.2) is 41.0 Å². The van der Waals surface area contributed by atoms with Crippen molar-refractivity contribution in [1.82, 2.24) is 0 Å². The normalized spacial score (nSPS) is 17.3. The molecular weight excluding hydrogens is 288 g/mol. The maximum atomic E-state index is 12.1. The van der Waals surface area contributed by atoms with E-state index in [1.165, 1.54) is 0 Å². The van der Waals surface area contributed by atoms with Crippen LogP contribution in [-0.2, 0) is 14.3 Å². The average Bonchev–Trinajstić information content (AvgIpc) is 2.45. The number of benzene rings is 1. The number of allylic oxidation sites excluding steroid dienone is 2. The van der Waals surface area contributed by atoms with E-state index in [9.17, 15) is 9.59 Å². The van der Waals surface area contributed by atoms with Gasteiger partial charge in [0.1, 0.15) is 0 Å². The third-order valence-corrected chi connectivity index (χ3v) is 3.71. The Balaban J connectivity index is 2.39. The predicted octanol–water partition coefficient (Wildman–Crippen LogP) is 3.97. The highest BCUT2D eigenvalue weighted by atomic mass is 35.5. The van der Waals surface area contributed by atoms with Crippen molar-refractivity contribution in [2.24, 2.45) is 0 Å². The van der Waals surface area contributed by atoms with E-state index in [0.29, 0.717) is 41.2 Å². The number of hydrogen-bond acceptors (Lipinski definition) is 3. The monoisotopic (exact) mass is 304 g/mol. The van der Waals surface area contributed by atoms with Gasteiger partial charge in [0.05, 0.1) is 6.61 Å². The van der Waals surface area contributed by atoms with Gasteiger partial charge < -0.3 is 4.74 Å². The summed E-state index contributed by atoms with van der Waals surface area (Å²) in [5.74, 6) is -0.278. The molecular formula is C17H17ClO3. The van der Waals surface area contributed by atoms with Crippen LogP contribution in [0.4, 0.5) is 0 Å². The van der Waals surface area contributed by atoms with Gasteiger partial charge in [0.2, 0.25) is 0 Å². The lowest BCUT2D eigenvalue weighted by atomic mass is 9.86. The first kappa shape index (κ1) is 15.5. The minimum Gasteiger partial charge on any atom is -0.463 e. The third-order valence-electron chi connectivity index (χ3n) is 3.46. The van der Waals surface area contributed by atoms with Gasteiger partial charge in [0.15, 0.2) is 5.78 Å². The van der Waals surface area contributed by atoms with Gasteiger partial charge in [0, 0.05) is 22.6 Å². The number of carbonyl (C=O) groups excluding carboxylic acids is 2. The Bertz CT molecular complexity index is 624. The molecule has 1 aromatic carbocycles. The lowest BCUT2D eigenvalue weighted by Gasteiger charge is -2.18. The van der Waals surface area contributed by atoms with E-state index < -0.39 is 0 Å². The van der Waals surface area contributed by atoms with Crippen LogP contribution in [0.5, 0.6) is 0 Å². The number of carbonyl (C=O) groups is 2. The second kappa shape index (κ2) is 6.72. The molecule has 0 N–H and O–H groups in total. The maximum absolute atomic E-state index is 12.1. The Morgan fingerprint density at radius 2 is 1.95 bits per heavy atom. The number of Topliss-reactive ketones (excluding diaryl/α,β-unsaturated/α-hetero) is 1. The lowest BCUT2D eigenvalue weighted by Crippen LogP contribution is -2.18. The molecule has 0 radical (unpaired) electrons. The summed E-state index contributed by atoms with van der Waals surface area (Å²) in [6.45, 7) is 3.90. The zero-order chi connectivity index (χ0) is 15.4. The Kier molecular flexibility index (Phi) is 4.97. The van der Waals surface area contributed by atoms with Gasteiger partial charge in [-0.25, -0.2) is 4.79 Å². The van der Waals surface area contributed by atoms with Crippen molar-refractivity contribution in [2.75, 3.05) is 6.61 Å². The molecule has 21 heavy (non-hydrogen) atoms. The standard InChI is InChI=1S/C17H17ClO3/c1-3-21-17(20)14-8-9-16(19)15(11(14)2)10-12-4-6-13(18)7-5-12/h4-7,10H,3,8-9H2,1-2H3/b15-10+. The molecule has 0 aromatic heterocycles. The van der Waals surface area contributed by atoms with E-state index in [1.807, 2.05) is 12.1 Å². The number of rotatable bonds is 3. The molecule has 1 aromatic rings. The molecule has 0 spiro atoms. The minimum atomic E-state index is -0.329. The second-order valence-electron chi connectivity index (χ2n) is 4.86. The van der Waals surface area contributed by atoms with Crippen molar-refractivity contribution in [3.63, 3.8) is 0 Å². The van der Waals surface area contributed by atoms with Crippen molar-refractivity contribution in [3.8, 4) is 0 Å². The fourth-order valence-electron chi connectivity index (χ4n) is 2.32. The molecule has 0 atom stereocenters. The van der Waals surface area contributed by atoms with Gasteiger partial charge >= 0.3 is 5.97 Å². The van der Waals surface area contributed by atoms with Crippen LogP contribution in [0.3, 0.4) is 0 Å². The summed E-state index contributed by atoms with van der Waals surface area (Å²) in [6.07, 6.45) is 2.58. The molecule has 0 aliphatic heterocycles. The average molecular weight is 305 g/mol. The number of ketones is 1. The summed E-state index contributed by atoms with van der Waals surface area (Å²) >= 11 is 5.85. The molecule has 0 fully saturated rings. The van der Waals surface area contributed by atoms with Gasteiger partial charge in [-0.1, -0.05) is 23.7 Å². The second-order valence-corrected chi connectivity index (χ2v) is 5.29. The molecule has 0 amide bonds. The highest BCUT2D eigenvalue weighted by Gasteiger charge is 2.25. The van der Waals surface area contributed by atoms with E-state index in [0.717, 1.165) is 5.56 Å². The van der Waals surface area contributed by atoms with Gasteiger partial charge in [-0.3, -0.25) is 4.79 Å². The van der Waals surface area contributed by atoms with E-state index >= 15 is 0 Å². The topological polar surface area (TPSA) is 43.4 Å². The zero-order valence-electron chi connectivity index (χ0n) is 12.1. The molecule has 0 saturated carbocycles. The SMILES string of the molecule is CCOC(=O)C1=C(C)/C(=C\c2ccc(Cl)cc2)C(=O)CC1. The Morgan fingerprint density at radius 1 is 1.29 bits per heavy atom. The number of hydrogen-bond donors (Lipinski definition) is 0. The molecule has 0 heterocycles. The van der Waals surface area contributed by atoms with Crippen LogP contribution < -0.4 is 0 Å². The van der Waals surface area contributed by atoms with Crippen molar-refractivity contribution in [1.29, 1.82) is 0 Å². The largest absolute Gasteiger partial charge is 0.463 e. The number of ether oxygens (including phenoxy) is 1. The van der Waals surface area contributed by atoms with Crippen molar-refractivity contribution < 1.29 is 14.3 Å². The fourth-order valence-corrected chi connectivity index (χ4v) is 2.45. The van der Waals surface area contributed by atoms with Crippen LogP contribution in [0.1, 0.15) is 32.3 Å². The molecule has 1 aliphatic carbocycles. The van der Waals surface area contributed by atoms with Gasteiger partial charge in [-0.15, -0.1) is 0 Å². The molecule has 2 rings (SSSR count). The van der Waals surface area contributed by atoms with E-state index in [1.54, 1.807) is 32.1 Å². The number of halogens is 1. The quantitative estimate of drug-likeness (QED) is 0.627. The summed E-state index contributed by atoms with van der Waals surface area (Å²) < 4.78 is 5.05. The summed E-state index contributed by atoms with van der Waals surface area (Å²) in [6, 6.07) is 7.22. The van der Waals surface area contributed by atoms with Crippen LogP contribution >= 0.6 is 11.6 Å². The Labute approximate surface area is 129 Å². The van der Waals surface area contributed by atoms with Crippen molar-refractivity contribution in [2.45, 2.75) is 26.7 Å². The molecule has 0 unspecified atom stereocenters. The zero-order valence-corrected chi connectivity index (χ0v) is 12.9. The molecule has 0 saturated heterocycles.